The first-order valence-electron chi connectivity index (χ1n) is 7.89. The summed E-state index contributed by atoms with van der Waals surface area (Å²) in [6.45, 7) is 4.74. The van der Waals surface area contributed by atoms with Crippen molar-refractivity contribution in [1.82, 2.24) is 20.4 Å². The Kier molecular flexibility index (Phi) is 10.6. The molecule has 0 aliphatic carbocycles. The van der Waals surface area contributed by atoms with E-state index in [1.165, 1.54) is 10.5 Å². The number of aliphatic imine (C=N–C) groups is 1. The Morgan fingerprint density at radius 1 is 1.21 bits per heavy atom. The molecule has 7 heteroatoms. The van der Waals surface area contributed by atoms with Gasteiger partial charge in [-0.1, -0.05) is 18.2 Å². The van der Waals surface area contributed by atoms with Crippen molar-refractivity contribution in [3.8, 4) is 0 Å². The molecule has 0 saturated heterocycles. The average Bonchev–Trinajstić information content (AvgIpc) is 2.99. The minimum atomic E-state index is 0. The van der Waals surface area contributed by atoms with Gasteiger partial charge in [0.1, 0.15) is 0 Å². The highest BCUT2D eigenvalue weighted by Gasteiger charge is 1.98. The fourth-order valence-corrected chi connectivity index (χ4v) is 2.90. The van der Waals surface area contributed by atoms with Crippen molar-refractivity contribution >= 4 is 41.7 Å². The van der Waals surface area contributed by atoms with Gasteiger partial charge in [-0.05, 0) is 31.0 Å². The molecular formula is C17H26IN5S. The molecule has 1 heterocycles. The first-order chi connectivity index (χ1) is 11.3. The number of rotatable bonds is 8. The van der Waals surface area contributed by atoms with Gasteiger partial charge in [-0.2, -0.15) is 5.10 Å². The minimum Gasteiger partial charge on any atom is -0.356 e. The van der Waals surface area contributed by atoms with Gasteiger partial charge in [0.25, 0.3) is 0 Å². The van der Waals surface area contributed by atoms with Crippen LogP contribution in [0.2, 0.25) is 0 Å². The molecule has 5 nitrogen and oxygen atoms in total. The van der Waals surface area contributed by atoms with E-state index in [2.05, 4.69) is 58.1 Å². The highest BCUT2D eigenvalue weighted by atomic mass is 127. The molecular weight excluding hydrogens is 433 g/mol. The van der Waals surface area contributed by atoms with Crippen LogP contribution in [0.4, 0.5) is 0 Å². The summed E-state index contributed by atoms with van der Waals surface area (Å²) in [5, 5.41) is 11.0. The number of aromatic nitrogens is 2. The van der Waals surface area contributed by atoms with E-state index < -0.39 is 0 Å². The van der Waals surface area contributed by atoms with Crippen LogP contribution in [0.15, 0.2) is 52.6 Å². The first kappa shape index (κ1) is 20.8. The third-order valence-corrected chi connectivity index (χ3v) is 4.26. The summed E-state index contributed by atoms with van der Waals surface area (Å²) in [5.74, 6) is 1.87. The van der Waals surface area contributed by atoms with E-state index >= 15 is 0 Å². The molecule has 2 aromatic rings. The summed E-state index contributed by atoms with van der Waals surface area (Å²) in [6, 6.07) is 10.4. The van der Waals surface area contributed by atoms with Crippen LogP contribution in [0.5, 0.6) is 0 Å². The van der Waals surface area contributed by atoms with Crippen LogP contribution in [0.25, 0.3) is 0 Å². The Labute approximate surface area is 165 Å². The summed E-state index contributed by atoms with van der Waals surface area (Å²) in [5.41, 5.74) is 1.20. The van der Waals surface area contributed by atoms with E-state index in [9.17, 15) is 0 Å². The summed E-state index contributed by atoms with van der Waals surface area (Å²) >= 11 is 1.84. The number of hydrogen-bond acceptors (Lipinski definition) is 3. The van der Waals surface area contributed by atoms with Crippen molar-refractivity contribution in [3.63, 3.8) is 0 Å². The fourth-order valence-electron chi connectivity index (χ4n) is 2.11. The summed E-state index contributed by atoms with van der Waals surface area (Å²) in [4.78, 5) is 5.54. The Balaban J connectivity index is 0.00000288. The smallest absolute Gasteiger partial charge is 0.191 e. The molecule has 0 unspecified atom stereocenters. The number of hydrogen-bond donors (Lipinski definition) is 2. The number of nitrogens with zero attached hydrogens (tertiary/aromatic N) is 3. The highest BCUT2D eigenvalue weighted by Crippen LogP contribution is 2.15. The molecule has 0 amide bonds. The summed E-state index contributed by atoms with van der Waals surface area (Å²) in [6.07, 6.45) is 4.97. The molecule has 0 aliphatic heterocycles. The topological polar surface area (TPSA) is 54.2 Å². The second-order valence-corrected chi connectivity index (χ2v) is 6.39. The molecule has 0 radical (unpaired) electrons. The van der Waals surface area contributed by atoms with Crippen LogP contribution >= 0.6 is 35.7 Å². The van der Waals surface area contributed by atoms with Crippen molar-refractivity contribution in [2.45, 2.75) is 24.8 Å². The van der Waals surface area contributed by atoms with Crippen LogP contribution in [0, 0.1) is 6.92 Å². The molecule has 132 valence electrons. The molecule has 1 aromatic carbocycles. The quantitative estimate of drug-likeness (QED) is 0.209. The zero-order chi connectivity index (χ0) is 16.3. The van der Waals surface area contributed by atoms with Crippen molar-refractivity contribution in [2.75, 3.05) is 25.9 Å². The third-order valence-electron chi connectivity index (χ3n) is 3.25. The van der Waals surface area contributed by atoms with Crippen molar-refractivity contribution in [3.05, 3.63) is 48.3 Å². The van der Waals surface area contributed by atoms with Gasteiger partial charge in [0.05, 0.1) is 6.20 Å². The summed E-state index contributed by atoms with van der Waals surface area (Å²) in [7, 11) is 1.80. The predicted molar refractivity (Wildman–Crippen MR) is 114 cm³/mol. The zero-order valence-corrected chi connectivity index (χ0v) is 17.4. The Morgan fingerprint density at radius 2 is 1.96 bits per heavy atom. The lowest BCUT2D eigenvalue weighted by Gasteiger charge is -2.11. The molecule has 0 spiro atoms. The Hall–Kier alpha value is -1.22. The Bertz CT molecular complexity index is 600. The van der Waals surface area contributed by atoms with Gasteiger partial charge in [-0.15, -0.1) is 35.7 Å². The van der Waals surface area contributed by atoms with Crippen LogP contribution in [-0.4, -0.2) is 41.6 Å². The molecule has 0 saturated carbocycles. The maximum absolute atomic E-state index is 4.28. The average molecular weight is 459 g/mol. The van der Waals surface area contributed by atoms with Gasteiger partial charge in [0.2, 0.25) is 0 Å². The largest absolute Gasteiger partial charge is 0.356 e. The van der Waals surface area contributed by atoms with E-state index in [1.54, 1.807) is 7.05 Å². The fraction of sp³-hybridized carbons (Fsp3) is 0.412. The van der Waals surface area contributed by atoms with E-state index in [4.69, 9.17) is 0 Å². The molecule has 2 N–H and O–H groups in total. The van der Waals surface area contributed by atoms with Crippen LogP contribution < -0.4 is 10.6 Å². The number of thioether (sulfide) groups is 1. The van der Waals surface area contributed by atoms with Crippen molar-refractivity contribution in [2.24, 2.45) is 4.99 Å². The number of guanidine groups is 1. The molecule has 0 fully saturated rings. The number of benzene rings is 1. The Morgan fingerprint density at radius 3 is 2.62 bits per heavy atom. The van der Waals surface area contributed by atoms with E-state index in [-0.39, 0.29) is 24.0 Å². The molecule has 0 aliphatic rings. The molecule has 2 rings (SSSR count). The number of nitrogens with one attached hydrogen (secondary N) is 2. The van der Waals surface area contributed by atoms with E-state index in [1.807, 2.05) is 28.7 Å². The molecule has 1 aromatic heterocycles. The van der Waals surface area contributed by atoms with Crippen LogP contribution in [-0.2, 0) is 6.54 Å². The number of halogens is 1. The van der Waals surface area contributed by atoms with Crippen LogP contribution in [0.3, 0.4) is 0 Å². The standard InChI is InChI=1S/C17H25N5S.HI/c1-15-13-21-22(14-15)11-6-9-19-17(18-2)20-10-12-23-16-7-4-3-5-8-16;/h3-5,7-8,13-14H,6,9-12H2,1-2H3,(H2,18,19,20);1H. The molecule has 0 atom stereocenters. The van der Waals surface area contributed by atoms with Crippen LogP contribution in [0.1, 0.15) is 12.0 Å². The van der Waals surface area contributed by atoms with Gasteiger partial charge >= 0.3 is 0 Å². The molecule has 0 bridgehead atoms. The second-order valence-electron chi connectivity index (χ2n) is 5.22. The normalized spacial score (nSPS) is 11.0. The second kappa shape index (κ2) is 12.2. The SMILES string of the molecule is CN=C(NCCCn1cc(C)cn1)NCCSc1ccccc1.I. The van der Waals surface area contributed by atoms with Gasteiger partial charge in [-0.3, -0.25) is 9.67 Å². The number of aryl methyl sites for hydroxylation is 2. The van der Waals surface area contributed by atoms with Gasteiger partial charge in [-0.25, -0.2) is 0 Å². The summed E-state index contributed by atoms with van der Waals surface area (Å²) < 4.78 is 1.98. The predicted octanol–water partition coefficient (Wildman–Crippen LogP) is 3.16. The highest BCUT2D eigenvalue weighted by molar-refractivity contribution is 14.0. The van der Waals surface area contributed by atoms with Crippen molar-refractivity contribution in [1.29, 1.82) is 0 Å². The van der Waals surface area contributed by atoms with Gasteiger partial charge < -0.3 is 10.6 Å². The van der Waals surface area contributed by atoms with Gasteiger partial charge in [0, 0.05) is 43.5 Å². The zero-order valence-electron chi connectivity index (χ0n) is 14.2. The lowest BCUT2D eigenvalue weighted by molar-refractivity contribution is 0.570. The first-order valence-corrected chi connectivity index (χ1v) is 8.88. The van der Waals surface area contributed by atoms with Crippen molar-refractivity contribution < 1.29 is 0 Å². The maximum atomic E-state index is 4.28. The van der Waals surface area contributed by atoms with E-state index in [0.29, 0.717) is 0 Å². The van der Waals surface area contributed by atoms with E-state index in [0.717, 1.165) is 37.8 Å². The lowest BCUT2D eigenvalue weighted by Crippen LogP contribution is -2.39. The van der Waals surface area contributed by atoms with Gasteiger partial charge in [0.15, 0.2) is 5.96 Å². The monoisotopic (exact) mass is 459 g/mol. The minimum absolute atomic E-state index is 0. The third kappa shape index (κ3) is 8.05. The molecule has 24 heavy (non-hydrogen) atoms. The lowest BCUT2D eigenvalue weighted by atomic mass is 10.4. The maximum Gasteiger partial charge on any atom is 0.191 e.